The van der Waals surface area contributed by atoms with E-state index in [0.29, 0.717) is 17.5 Å². The van der Waals surface area contributed by atoms with Crippen LogP contribution in [-0.4, -0.2) is 20.9 Å². The van der Waals surface area contributed by atoms with Crippen LogP contribution in [0.2, 0.25) is 5.02 Å². The van der Waals surface area contributed by atoms with Crippen LogP contribution < -0.4 is 10.6 Å². The molecule has 0 aliphatic heterocycles. The van der Waals surface area contributed by atoms with Crippen LogP contribution in [0.4, 0.5) is 11.4 Å². The van der Waals surface area contributed by atoms with Crippen molar-refractivity contribution in [2.24, 2.45) is 0 Å². The largest absolute Gasteiger partial charge is 0.436 e. The fourth-order valence-electron chi connectivity index (χ4n) is 3.44. The summed E-state index contributed by atoms with van der Waals surface area (Å²) in [5.74, 6) is 0.294. The lowest BCUT2D eigenvalue weighted by atomic mass is 9.98. The maximum atomic E-state index is 12.5. The number of oxazole rings is 1. The number of thiocarbonyl (C=S) groups is 1. The molecule has 2 N–H and O–H groups in total. The average molecular weight is 509 g/mol. The molecule has 8 nitrogen and oxygen atoms in total. The molecule has 1 amide bonds. The molecule has 178 valence electrons. The van der Waals surface area contributed by atoms with E-state index in [-0.39, 0.29) is 21.4 Å². The van der Waals surface area contributed by atoms with Gasteiger partial charge in [-0.1, -0.05) is 31.5 Å². The van der Waals surface area contributed by atoms with E-state index in [1.807, 2.05) is 18.2 Å². The van der Waals surface area contributed by atoms with Gasteiger partial charge in [-0.3, -0.25) is 20.2 Å². The lowest BCUT2D eigenvalue weighted by molar-refractivity contribution is -0.384. The number of aromatic nitrogens is 1. The third kappa shape index (κ3) is 5.47. The van der Waals surface area contributed by atoms with Crippen LogP contribution in [0, 0.1) is 10.1 Å². The Bertz CT molecular complexity index is 1440. The molecule has 1 aromatic heterocycles. The SMILES string of the molecule is CC[C@@H](C)c1ccc2oc(-c3ccc(NC(=S)NC(=O)c4cc([N+](=O)[O-])ccc4Cl)cc3)nc2c1. The second-order valence-corrected chi connectivity index (χ2v) is 8.78. The highest BCUT2D eigenvalue weighted by atomic mass is 35.5. The number of halogens is 1. The van der Waals surface area contributed by atoms with Gasteiger partial charge in [0, 0.05) is 23.4 Å². The quantitative estimate of drug-likeness (QED) is 0.169. The number of nitrogens with zero attached hydrogens (tertiary/aromatic N) is 2. The minimum absolute atomic E-state index is 0.0183. The zero-order valence-electron chi connectivity index (χ0n) is 18.9. The summed E-state index contributed by atoms with van der Waals surface area (Å²) >= 11 is 11.2. The number of non-ortho nitro benzene ring substituents is 1. The predicted octanol–water partition coefficient (Wildman–Crippen LogP) is 6.70. The molecule has 1 heterocycles. The van der Waals surface area contributed by atoms with Gasteiger partial charge in [-0.15, -0.1) is 0 Å². The summed E-state index contributed by atoms with van der Waals surface area (Å²) in [7, 11) is 0. The van der Waals surface area contributed by atoms with Gasteiger partial charge in [0.05, 0.1) is 15.5 Å². The average Bonchev–Trinajstić information content (AvgIpc) is 3.27. The van der Waals surface area contributed by atoms with Crippen molar-refractivity contribution in [3.63, 3.8) is 0 Å². The molecular weight excluding hydrogens is 488 g/mol. The molecule has 10 heteroatoms. The number of amides is 1. The first kappa shape index (κ1) is 24.3. The summed E-state index contributed by atoms with van der Waals surface area (Å²) in [6.45, 7) is 4.33. The highest BCUT2D eigenvalue weighted by Crippen LogP contribution is 2.28. The molecule has 0 saturated heterocycles. The van der Waals surface area contributed by atoms with Gasteiger partial charge in [-0.2, -0.15) is 0 Å². The molecule has 0 unspecified atom stereocenters. The number of benzene rings is 3. The van der Waals surface area contributed by atoms with Crippen LogP contribution in [0.3, 0.4) is 0 Å². The normalized spacial score (nSPS) is 11.7. The van der Waals surface area contributed by atoms with E-state index in [9.17, 15) is 14.9 Å². The van der Waals surface area contributed by atoms with E-state index >= 15 is 0 Å². The van der Waals surface area contributed by atoms with Gasteiger partial charge in [0.15, 0.2) is 10.7 Å². The zero-order chi connectivity index (χ0) is 25.1. The molecule has 4 aromatic rings. The number of nitrogens with one attached hydrogen (secondary N) is 2. The minimum atomic E-state index is -0.656. The topological polar surface area (TPSA) is 110 Å². The number of fused-ring (bicyclic) bond motifs is 1. The van der Waals surface area contributed by atoms with Crippen molar-refractivity contribution in [3.8, 4) is 11.5 Å². The van der Waals surface area contributed by atoms with E-state index in [2.05, 4.69) is 41.6 Å². The van der Waals surface area contributed by atoms with Gasteiger partial charge in [0.25, 0.3) is 11.6 Å². The number of anilines is 1. The molecule has 0 aliphatic rings. The molecule has 35 heavy (non-hydrogen) atoms. The Balaban J connectivity index is 1.44. The van der Waals surface area contributed by atoms with E-state index < -0.39 is 10.8 Å². The van der Waals surface area contributed by atoms with Crippen molar-refractivity contribution in [3.05, 3.63) is 86.9 Å². The highest BCUT2D eigenvalue weighted by molar-refractivity contribution is 7.80. The van der Waals surface area contributed by atoms with Gasteiger partial charge in [0.2, 0.25) is 5.89 Å². The van der Waals surface area contributed by atoms with Crippen molar-refractivity contribution in [2.75, 3.05) is 5.32 Å². The predicted molar refractivity (Wildman–Crippen MR) is 140 cm³/mol. The molecule has 0 saturated carbocycles. The summed E-state index contributed by atoms with van der Waals surface area (Å²) in [4.78, 5) is 27.5. The van der Waals surface area contributed by atoms with E-state index in [0.717, 1.165) is 29.2 Å². The van der Waals surface area contributed by atoms with Crippen molar-refractivity contribution >= 4 is 57.3 Å². The first-order valence-electron chi connectivity index (χ1n) is 10.8. The van der Waals surface area contributed by atoms with Gasteiger partial charge in [-0.05, 0) is 72.6 Å². The standard InChI is InChI=1S/C25H21ClN4O4S/c1-3-14(2)16-6-11-22-21(12-16)28-24(34-22)15-4-7-17(8-5-15)27-25(35)29-23(31)19-13-18(30(32)33)9-10-20(19)26/h4-14H,3H2,1-2H3,(H2,27,29,31,35)/t14-/m1/s1. The smallest absolute Gasteiger partial charge is 0.270 e. The Morgan fingerprint density at radius 1 is 1.17 bits per heavy atom. The second-order valence-electron chi connectivity index (χ2n) is 7.96. The number of rotatable bonds is 6. The number of hydrogen-bond donors (Lipinski definition) is 2. The van der Waals surface area contributed by atoms with E-state index in [1.165, 1.54) is 17.7 Å². The van der Waals surface area contributed by atoms with E-state index in [1.54, 1.807) is 12.1 Å². The number of hydrogen-bond acceptors (Lipinski definition) is 6. The van der Waals surface area contributed by atoms with Gasteiger partial charge >= 0.3 is 0 Å². The molecule has 0 bridgehead atoms. The Morgan fingerprint density at radius 2 is 1.91 bits per heavy atom. The molecule has 3 aromatic carbocycles. The van der Waals surface area contributed by atoms with Crippen molar-refractivity contribution in [2.45, 2.75) is 26.2 Å². The number of nitro groups is 1. The van der Waals surface area contributed by atoms with Crippen molar-refractivity contribution in [1.29, 1.82) is 0 Å². The summed E-state index contributed by atoms with van der Waals surface area (Å²) in [6.07, 6.45) is 1.05. The Labute approximate surface area is 211 Å². The molecule has 4 rings (SSSR count). The molecule has 0 fully saturated rings. The molecule has 0 radical (unpaired) electrons. The van der Waals surface area contributed by atoms with Crippen LogP contribution in [-0.2, 0) is 0 Å². The maximum absolute atomic E-state index is 12.5. The van der Waals surface area contributed by atoms with Crippen LogP contribution in [0.5, 0.6) is 0 Å². The Morgan fingerprint density at radius 3 is 2.60 bits per heavy atom. The number of carbonyl (C=O) groups excluding carboxylic acids is 1. The first-order valence-corrected chi connectivity index (χ1v) is 11.6. The fourth-order valence-corrected chi connectivity index (χ4v) is 3.85. The summed E-state index contributed by atoms with van der Waals surface area (Å²) < 4.78 is 5.91. The number of nitro benzene ring substituents is 1. The Kier molecular flexibility index (Phi) is 7.09. The molecule has 0 spiro atoms. The van der Waals surface area contributed by atoms with Crippen molar-refractivity contribution < 1.29 is 14.1 Å². The van der Waals surface area contributed by atoms with E-state index in [4.69, 9.17) is 28.2 Å². The van der Waals surface area contributed by atoms with Gasteiger partial charge in [0.1, 0.15) is 5.52 Å². The zero-order valence-corrected chi connectivity index (χ0v) is 20.4. The molecule has 1 atom stereocenters. The monoisotopic (exact) mass is 508 g/mol. The lowest BCUT2D eigenvalue weighted by Gasteiger charge is -2.10. The minimum Gasteiger partial charge on any atom is -0.436 e. The fraction of sp³-hybridized carbons (Fsp3) is 0.160. The third-order valence-electron chi connectivity index (χ3n) is 5.62. The van der Waals surface area contributed by atoms with Crippen LogP contribution >= 0.6 is 23.8 Å². The second kappa shape index (κ2) is 10.2. The van der Waals surface area contributed by atoms with Crippen LogP contribution in [0.25, 0.3) is 22.6 Å². The highest BCUT2D eigenvalue weighted by Gasteiger charge is 2.17. The Hall–Kier alpha value is -3.82. The van der Waals surface area contributed by atoms with Crippen LogP contribution in [0.1, 0.15) is 42.1 Å². The summed E-state index contributed by atoms with van der Waals surface area (Å²) in [5.41, 5.74) is 3.87. The molecular formula is C25H21ClN4O4S. The lowest BCUT2D eigenvalue weighted by Crippen LogP contribution is -2.34. The van der Waals surface area contributed by atoms with Crippen LogP contribution in [0.15, 0.2) is 65.1 Å². The van der Waals surface area contributed by atoms with Gasteiger partial charge < -0.3 is 9.73 Å². The first-order chi connectivity index (χ1) is 16.7. The van der Waals surface area contributed by atoms with Crippen molar-refractivity contribution in [1.82, 2.24) is 10.3 Å². The number of carbonyl (C=O) groups is 1. The van der Waals surface area contributed by atoms with Gasteiger partial charge in [-0.25, -0.2) is 4.98 Å². The third-order valence-corrected chi connectivity index (χ3v) is 6.15. The summed E-state index contributed by atoms with van der Waals surface area (Å²) in [6, 6.07) is 16.9. The molecule has 0 aliphatic carbocycles. The summed E-state index contributed by atoms with van der Waals surface area (Å²) in [5, 5.41) is 16.4. The maximum Gasteiger partial charge on any atom is 0.270 e.